The molecule has 2 aromatic carbocycles. The first-order valence-corrected chi connectivity index (χ1v) is 7.66. The molecule has 124 valence electrons. The van der Waals surface area contributed by atoms with Gasteiger partial charge in [-0.2, -0.15) is 0 Å². The molecule has 3 aromatic rings. The Morgan fingerprint density at radius 2 is 1.88 bits per heavy atom. The van der Waals surface area contributed by atoms with Gasteiger partial charge in [-0.15, -0.1) is 5.10 Å². The van der Waals surface area contributed by atoms with E-state index in [0.717, 1.165) is 16.3 Å². The second kappa shape index (κ2) is 5.94. The van der Waals surface area contributed by atoms with Crippen molar-refractivity contribution in [3.63, 3.8) is 0 Å². The molecule has 2 N–H and O–H groups in total. The summed E-state index contributed by atoms with van der Waals surface area (Å²) in [5.41, 5.74) is 1.47. The molecule has 0 radical (unpaired) electrons. The van der Waals surface area contributed by atoms with Crippen LogP contribution in [0.5, 0.6) is 0 Å². The van der Waals surface area contributed by atoms with Crippen LogP contribution in [0.15, 0.2) is 48.7 Å². The maximum atomic E-state index is 13.4. The molecule has 1 aliphatic rings. The van der Waals surface area contributed by atoms with Crippen molar-refractivity contribution >= 4 is 10.8 Å². The first-order chi connectivity index (χ1) is 11.6. The smallest absolute Gasteiger partial charge is 0.180 e. The Hall–Kier alpha value is -2.35. The Bertz CT molecular complexity index is 869. The van der Waals surface area contributed by atoms with E-state index >= 15 is 0 Å². The molecule has 7 heteroatoms. The summed E-state index contributed by atoms with van der Waals surface area (Å²) in [6, 6.07) is 13.9. The third-order valence-electron chi connectivity index (χ3n) is 4.26. The number of rotatable bonds is 2. The summed E-state index contributed by atoms with van der Waals surface area (Å²) in [6.45, 7) is -0.298. The molecule has 0 amide bonds. The average molecular weight is 329 g/mol. The lowest BCUT2D eigenvalue weighted by Crippen LogP contribution is -2.49. The third kappa shape index (κ3) is 2.56. The lowest BCUT2D eigenvalue weighted by molar-refractivity contribution is -0.198. The van der Waals surface area contributed by atoms with Crippen LogP contribution >= 0.6 is 0 Å². The summed E-state index contributed by atoms with van der Waals surface area (Å²) in [7, 11) is 0. The Labute approximate surface area is 137 Å². The Morgan fingerprint density at radius 3 is 2.71 bits per heavy atom. The summed E-state index contributed by atoms with van der Waals surface area (Å²) >= 11 is 0. The van der Waals surface area contributed by atoms with Gasteiger partial charge in [-0.25, -0.2) is 9.07 Å². The van der Waals surface area contributed by atoms with Crippen LogP contribution in [0.3, 0.4) is 0 Å². The van der Waals surface area contributed by atoms with E-state index in [1.165, 1.54) is 4.68 Å². The molecule has 1 fully saturated rings. The molecule has 0 spiro atoms. The SMILES string of the molecule is O[C@@H]1[C@@H](O)[C@@H](n2cc(-c3ccc4ccccc4c3)nn2)OC[C@H]1F. The molecule has 1 saturated heterocycles. The highest BCUT2D eigenvalue weighted by atomic mass is 19.1. The minimum Gasteiger partial charge on any atom is -0.387 e. The van der Waals surface area contributed by atoms with Gasteiger partial charge in [0.2, 0.25) is 0 Å². The van der Waals surface area contributed by atoms with Crippen LogP contribution < -0.4 is 0 Å². The first kappa shape index (κ1) is 15.2. The van der Waals surface area contributed by atoms with Crippen molar-refractivity contribution in [2.45, 2.75) is 24.6 Å². The molecule has 1 aromatic heterocycles. The van der Waals surface area contributed by atoms with Crippen molar-refractivity contribution in [2.75, 3.05) is 6.61 Å². The highest BCUT2D eigenvalue weighted by Crippen LogP contribution is 2.27. The molecule has 2 heterocycles. The monoisotopic (exact) mass is 329 g/mol. The Morgan fingerprint density at radius 1 is 1.08 bits per heavy atom. The van der Waals surface area contributed by atoms with Crippen molar-refractivity contribution in [1.29, 1.82) is 0 Å². The summed E-state index contributed by atoms with van der Waals surface area (Å²) < 4.78 is 19.9. The first-order valence-electron chi connectivity index (χ1n) is 7.66. The van der Waals surface area contributed by atoms with Crippen LogP contribution in [0.4, 0.5) is 4.39 Å². The summed E-state index contributed by atoms with van der Waals surface area (Å²) in [5.74, 6) is 0. The van der Waals surface area contributed by atoms with Gasteiger partial charge in [0.05, 0.1) is 12.8 Å². The zero-order chi connectivity index (χ0) is 16.7. The fourth-order valence-corrected chi connectivity index (χ4v) is 2.89. The van der Waals surface area contributed by atoms with E-state index in [4.69, 9.17) is 4.74 Å². The molecule has 4 atom stereocenters. The Balaban J connectivity index is 1.64. The molecular formula is C17H16FN3O3. The van der Waals surface area contributed by atoms with Gasteiger partial charge in [0.15, 0.2) is 12.4 Å². The van der Waals surface area contributed by atoms with Gasteiger partial charge in [0.1, 0.15) is 17.9 Å². The van der Waals surface area contributed by atoms with E-state index in [1.807, 2.05) is 42.5 Å². The number of ether oxygens (including phenoxy) is 1. The van der Waals surface area contributed by atoms with E-state index < -0.39 is 24.6 Å². The number of fused-ring (bicyclic) bond motifs is 1. The number of nitrogens with zero attached hydrogens (tertiary/aromatic N) is 3. The van der Waals surface area contributed by atoms with Crippen molar-refractivity contribution in [3.05, 3.63) is 48.7 Å². The molecular weight excluding hydrogens is 313 g/mol. The maximum Gasteiger partial charge on any atom is 0.180 e. The van der Waals surface area contributed by atoms with E-state index in [0.29, 0.717) is 5.69 Å². The third-order valence-corrected chi connectivity index (χ3v) is 4.26. The van der Waals surface area contributed by atoms with Gasteiger partial charge in [0, 0.05) is 5.56 Å². The second-order valence-corrected chi connectivity index (χ2v) is 5.87. The Kier molecular flexibility index (Phi) is 3.76. The number of hydrogen-bond acceptors (Lipinski definition) is 5. The van der Waals surface area contributed by atoms with Crippen LogP contribution in [0, 0.1) is 0 Å². The van der Waals surface area contributed by atoms with E-state index in [9.17, 15) is 14.6 Å². The molecule has 0 aliphatic carbocycles. The largest absolute Gasteiger partial charge is 0.387 e. The molecule has 6 nitrogen and oxygen atoms in total. The summed E-state index contributed by atoms with van der Waals surface area (Å²) in [4.78, 5) is 0. The van der Waals surface area contributed by atoms with Gasteiger partial charge < -0.3 is 14.9 Å². The van der Waals surface area contributed by atoms with Gasteiger partial charge in [-0.05, 0) is 16.8 Å². The van der Waals surface area contributed by atoms with Gasteiger partial charge >= 0.3 is 0 Å². The number of halogens is 1. The van der Waals surface area contributed by atoms with E-state index in [1.54, 1.807) is 6.20 Å². The topological polar surface area (TPSA) is 80.4 Å². The molecule has 0 saturated carbocycles. The predicted octanol–water partition coefficient (Wildman–Crippen LogP) is 1.69. The van der Waals surface area contributed by atoms with Crippen LogP contribution in [-0.2, 0) is 4.74 Å². The molecule has 24 heavy (non-hydrogen) atoms. The predicted molar refractivity (Wildman–Crippen MR) is 84.9 cm³/mol. The minimum absolute atomic E-state index is 0.298. The van der Waals surface area contributed by atoms with Gasteiger partial charge in [0.25, 0.3) is 0 Å². The van der Waals surface area contributed by atoms with Crippen molar-refractivity contribution in [3.8, 4) is 11.3 Å². The highest BCUT2D eigenvalue weighted by molar-refractivity contribution is 5.86. The lowest BCUT2D eigenvalue weighted by atomic mass is 10.0. The number of benzene rings is 2. The number of alkyl halides is 1. The molecule has 1 aliphatic heterocycles. The fourth-order valence-electron chi connectivity index (χ4n) is 2.89. The van der Waals surface area contributed by atoms with Crippen LogP contribution in [0.25, 0.3) is 22.0 Å². The van der Waals surface area contributed by atoms with Crippen molar-refractivity contribution < 1.29 is 19.3 Å². The zero-order valence-electron chi connectivity index (χ0n) is 12.7. The van der Waals surface area contributed by atoms with Gasteiger partial charge in [-0.3, -0.25) is 0 Å². The average Bonchev–Trinajstić information content (AvgIpc) is 3.09. The van der Waals surface area contributed by atoms with Crippen molar-refractivity contribution in [1.82, 2.24) is 15.0 Å². The van der Waals surface area contributed by atoms with Crippen LogP contribution in [0.1, 0.15) is 6.23 Å². The standard InChI is InChI=1S/C17H16FN3O3/c18-13-9-24-17(16(23)15(13)22)21-8-14(19-20-21)12-6-5-10-3-1-2-4-11(10)7-12/h1-8,13,15-17,22-23H,9H2/t13-,15+,16-,17+/m1/s1. The number of aliphatic hydroxyl groups is 2. The van der Waals surface area contributed by atoms with Crippen molar-refractivity contribution in [2.24, 2.45) is 0 Å². The molecule has 4 rings (SSSR count). The van der Waals surface area contributed by atoms with E-state index in [-0.39, 0.29) is 6.61 Å². The van der Waals surface area contributed by atoms with E-state index in [2.05, 4.69) is 10.3 Å². The zero-order valence-corrected chi connectivity index (χ0v) is 12.7. The lowest BCUT2D eigenvalue weighted by Gasteiger charge is -2.33. The summed E-state index contributed by atoms with van der Waals surface area (Å²) in [6.07, 6.45) is -3.87. The molecule has 0 unspecified atom stereocenters. The quantitative estimate of drug-likeness (QED) is 0.748. The number of aromatic nitrogens is 3. The molecule has 0 bridgehead atoms. The maximum absolute atomic E-state index is 13.4. The number of hydrogen-bond donors (Lipinski definition) is 2. The fraction of sp³-hybridized carbons (Fsp3) is 0.294. The van der Waals surface area contributed by atoms with Gasteiger partial charge in [-0.1, -0.05) is 41.6 Å². The minimum atomic E-state index is -1.61. The highest BCUT2D eigenvalue weighted by Gasteiger charge is 2.40. The normalized spacial score (nSPS) is 27.5. The van der Waals surface area contributed by atoms with Crippen LogP contribution in [-0.4, -0.2) is 50.2 Å². The summed E-state index contributed by atoms with van der Waals surface area (Å²) in [5, 5.41) is 29.9. The van der Waals surface area contributed by atoms with Crippen LogP contribution in [0.2, 0.25) is 0 Å². The number of aliphatic hydroxyl groups excluding tert-OH is 2. The second-order valence-electron chi connectivity index (χ2n) is 5.87.